The zero-order valence-corrected chi connectivity index (χ0v) is 8.24. The van der Waals surface area contributed by atoms with Crippen LogP contribution in [-0.2, 0) is 0 Å². The van der Waals surface area contributed by atoms with Gasteiger partial charge in [-0.3, -0.25) is 4.68 Å². The summed E-state index contributed by atoms with van der Waals surface area (Å²) in [4.78, 5) is 0. The molecule has 1 unspecified atom stereocenters. The first-order valence-electron chi connectivity index (χ1n) is 3.58. The molecule has 64 valence electrons. The van der Waals surface area contributed by atoms with Crippen molar-refractivity contribution in [3.05, 3.63) is 10.7 Å². The Hall–Kier alpha value is -1.02. The minimum atomic E-state index is -0.224. The number of aromatic nitrogens is 2. The molecule has 0 aliphatic carbocycles. The molecule has 1 aromatic heterocycles. The van der Waals surface area contributed by atoms with Crippen LogP contribution in [0.25, 0.3) is 0 Å². The molecule has 0 amide bonds. The number of nitrogens with two attached hydrogens (primary N) is 1. The molecule has 0 bridgehead atoms. The third kappa shape index (κ3) is 1.59. The lowest BCUT2D eigenvalue weighted by Crippen LogP contribution is -2.06. The van der Waals surface area contributed by atoms with Gasteiger partial charge in [-0.05, 0) is 22.4 Å². The van der Waals surface area contributed by atoms with Crippen molar-refractivity contribution in [2.45, 2.75) is 19.4 Å². The average molecular weight is 229 g/mol. The SMILES string of the molecule is CCC(C#N)n1cc(Br)c(N)n1. The Morgan fingerprint density at radius 1 is 1.92 bits per heavy atom. The maximum atomic E-state index is 8.71. The van der Waals surface area contributed by atoms with E-state index >= 15 is 0 Å². The van der Waals surface area contributed by atoms with E-state index in [4.69, 9.17) is 11.0 Å². The molecule has 0 aliphatic heterocycles. The van der Waals surface area contributed by atoms with Crippen LogP contribution in [-0.4, -0.2) is 9.78 Å². The molecule has 0 aromatic carbocycles. The third-order valence-electron chi connectivity index (χ3n) is 1.57. The molecule has 1 heterocycles. The molecule has 0 fully saturated rings. The van der Waals surface area contributed by atoms with E-state index in [1.54, 1.807) is 10.9 Å². The lowest BCUT2D eigenvalue weighted by Gasteiger charge is -2.04. The van der Waals surface area contributed by atoms with Gasteiger partial charge in [-0.15, -0.1) is 0 Å². The molecule has 0 spiro atoms. The molecular formula is C7H9BrN4. The van der Waals surface area contributed by atoms with E-state index < -0.39 is 0 Å². The summed E-state index contributed by atoms with van der Waals surface area (Å²) in [7, 11) is 0. The van der Waals surface area contributed by atoms with E-state index in [0.717, 1.165) is 10.9 Å². The summed E-state index contributed by atoms with van der Waals surface area (Å²) >= 11 is 3.22. The topological polar surface area (TPSA) is 67.6 Å². The first-order valence-corrected chi connectivity index (χ1v) is 4.38. The van der Waals surface area contributed by atoms with E-state index in [1.165, 1.54) is 0 Å². The summed E-state index contributed by atoms with van der Waals surface area (Å²) in [5.41, 5.74) is 5.50. The van der Waals surface area contributed by atoms with Crippen LogP contribution in [0.5, 0.6) is 0 Å². The lowest BCUT2D eigenvalue weighted by molar-refractivity contribution is 0.536. The number of nitriles is 1. The standard InChI is InChI=1S/C7H9BrN4/c1-2-5(3-9)12-4-6(8)7(10)11-12/h4-5H,2H2,1H3,(H2,10,11). The summed E-state index contributed by atoms with van der Waals surface area (Å²) in [6, 6.07) is 1.91. The predicted octanol–water partition coefficient (Wildman–Crippen LogP) is 1.70. The highest BCUT2D eigenvalue weighted by Gasteiger charge is 2.10. The molecule has 0 saturated heterocycles. The van der Waals surface area contributed by atoms with Crippen molar-refractivity contribution in [1.29, 1.82) is 5.26 Å². The van der Waals surface area contributed by atoms with E-state index in [2.05, 4.69) is 27.1 Å². The first kappa shape index (κ1) is 9.07. The highest BCUT2D eigenvalue weighted by molar-refractivity contribution is 9.10. The van der Waals surface area contributed by atoms with Gasteiger partial charge < -0.3 is 5.73 Å². The highest BCUT2D eigenvalue weighted by Crippen LogP contribution is 2.20. The number of halogens is 1. The van der Waals surface area contributed by atoms with Crippen LogP contribution in [0.3, 0.4) is 0 Å². The van der Waals surface area contributed by atoms with Gasteiger partial charge in [-0.2, -0.15) is 10.4 Å². The van der Waals surface area contributed by atoms with Crippen LogP contribution >= 0.6 is 15.9 Å². The normalized spacial score (nSPS) is 12.4. The average Bonchev–Trinajstić information content (AvgIpc) is 2.35. The monoisotopic (exact) mass is 228 g/mol. The third-order valence-corrected chi connectivity index (χ3v) is 2.18. The molecule has 12 heavy (non-hydrogen) atoms. The fourth-order valence-corrected chi connectivity index (χ4v) is 1.17. The zero-order valence-electron chi connectivity index (χ0n) is 6.66. The summed E-state index contributed by atoms with van der Waals surface area (Å²) < 4.78 is 2.30. The lowest BCUT2D eigenvalue weighted by atomic mass is 10.3. The van der Waals surface area contributed by atoms with Gasteiger partial charge in [0.1, 0.15) is 6.04 Å². The van der Waals surface area contributed by atoms with Crippen molar-refractivity contribution >= 4 is 21.7 Å². The van der Waals surface area contributed by atoms with Crippen molar-refractivity contribution in [3.8, 4) is 6.07 Å². The van der Waals surface area contributed by atoms with Gasteiger partial charge in [0.25, 0.3) is 0 Å². The molecule has 0 saturated carbocycles. The van der Waals surface area contributed by atoms with Crippen LogP contribution in [0.15, 0.2) is 10.7 Å². The highest BCUT2D eigenvalue weighted by atomic mass is 79.9. The van der Waals surface area contributed by atoms with E-state index in [-0.39, 0.29) is 6.04 Å². The number of nitrogen functional groups attached to an aromatic ring is 1. The van der Waals surface area contributed by atoms with Crippen LogP contribution in [0.1, 0.15) is 19.4 Å². The molecule has 0 aliphatic rings. The van der Waals surface area contributed by atoms with Crippen LogP contribution < -0.4 is 5.73 Å². The van der Waals surface area contributed by atoms with Crippen molar-refractivity contribution in [2.24, 2.45) is 0 Å². The molecule has 1 rings (SSSR count). The second-order valence-corrected chi connectivity index (χ2v) is 3.25. The fourth-order valence-electron chi connectivity index (χ4n) is 0.880. The Morgan fingerprint density at radius 3 is 2.92 bits per heavy atom. The summed E-state index contributed by atoms with van der Waals surface area (Å²) in [5.74, 6) is 0.420. The summed E-state index contributed by atoms with van der Waals surface area (Å²) in [6.07, 6.45) is 2.44. The maximum absolute atomic E-state index is 8.71. The summed E-state index contributed by atoms with van der Waals surface area (Å²) in [5, 5.41) is 12.7. The second kappa shape index (κ2) is 3.59. The Labute approximate surface area is 79.1 Å². The van der Waals surface area contributed by atoms with E-state index in [1.807, 2.05) is 6.92 Å². The van der Waals surface area contributed by atoms with Gasteiger partial charge in [0.2, 0.25) is 0 Å². The van der Waals surface area contributed by atoms with Gasteiger partial charge in [0, 0.05) is 6.20 Å². The van der Waals surface area contributed by atoms with Crippen LogP contribution in [0.2, 0.25) is 0 Å². The Kier molecular flexibility index (Phi) is 2.71. The largest absolute Gasteiger partial charge is 0.381 e. The number of rotatable bonds is 2. The predicted molar refractivity (Wildman–Crippen MR) is 49.3 cm³/mol. The minimum absolute atomic E-state index is 0.224. The maximum Gasteiger partial charge on any atom is 0.159 e. The zero-order chi connectivity index (χ0) is 9.14. The van der Waals surface area contributed by atoms with E-state index in [9.17, 15) is 0 Å². The number of anilines is 1. The van der Waals surface area contributed by atoms with Gasteiger partial charge in [-0.1, -0.05) is 6.92 Å². The molecular weight excluding hydrogens is 220 g/mol. The van der Waals surface area contributed by atoms with Crippen LogP contribution in [0.4, 0.5) is 5.82 Å². The molecule has 1 aromatic rings. The van der Waals surface area contributed by atoms with Crippen molar-refractivity contribution in [3.63, 3.8) is 0 Å². The Balaban J connectivity index is 2.96. The molecule has 2 N–H and O–H groups in total. The smallest absolute Gasteiger partial charge is 0.159 e. The van der Waals surface area contributed by atoms with Gasteiger partial charge >= 0.3 is 0 Å². The second-order valence-electron chi connectivity index (χ2n) is 2.40. The van der Waals surface area contributed by atoms with E-state index in [0.29, 0.717) is 5.82 Å². The number of hydrogen-bond donors (Lipinski definition) is 1. The number of nitrogens with zero attached hydrogens (tertiary/aromatic N) is 3. The fraction of sp³-hybridized carbons (Fsp3) is 0.429. The van der Waals surface area contributed by atoms with Crippen molar-refractivity contribution in [2.75, 3.05) is 5.73 Å². The van der Waals surface area contributed by atoms with Gasteiger partial charge in [0.15, 0.2) is 5.82 Å². The van der Waals surface area contributed by atoms with Crippen LogP contribution in [0, 0.1) is 11.3 Å². The van der Waals surface area contributed by atoms with Crippen molar-refractivity contribution in [1.82, 2.24) is 9.78 Å². The minimum Gasteiger partial charge on any atom is -0.381 e. The first-order chi connectivity index (χ1) is 5.69. The Morgan fingerprint density at radius 2 is 2.58 bits per heavy atom. The molecule has 0 radical (unpaired) electrons. The molecule has 5 heteroatoms. The molecule has 1 atom stereocenters. The number of hydrogen-bond acceptors (Lipinski definition) is 3. The van der Waals surface area contributed by atoms with Gasteiger partial charge in [-0.25, -0.2) is 0 Å². The summed E-state index contributed by atoms with van der Waals surface area (Å²) in [6.45, 7) is 1.93. The van der Waals surface area contributed by atoms with Gasteiger partial charge in [0.05, 0.1) is 10.5 Å². The Bertz CT molecular complexity index is 292. The quantitative estimate of drug-likeness (QED) is 0.839. The van der Waals surface area contributed by atoms with Crippen molar-refractivity contribution < 1.29 is 0 Å². The molecule has 4 nitrogen and oxygen atoms in total.